The summed E-state index contributed by atoms with van der Waals surface area (Å²) in [5.74, 6) is 0.687. The summed E-state index contributed by atoms with van der Waals surface area (Å²) in [6, 6.07) is 2.95. The number of pyridine rings is 1. The normalized spacial score (nSPS) is 11.9. The molecule has 0 aliphatic rings. The Hall–Kier alpha value is -1.93. The van der Waals surface area contributed by atoms with Crippen molar-refractivity contribution in [3.63, 3.8) is 0 Å². The molecule has 0 amide bonds. The van der Waals surface area contributed by atoms with Crippen LogP contribution >= 0.6 is 0 Å². The molecule has 0 saturated heterocycles. The third-order valence-corrected chi connectivity index (χ3v) is 2.49. The molecule has 1 heterocycles. The minimum atomic E-state index is -0.756. The SMILES string of the molecule is CCCNc1ccc([N+](=O)[O-])c(NCC(O)COC)n1. The van der Waals surface area contributed by atoms with Gasteiger partial charge in [0.1, 0.15) is 5.82 Å². The molecule has 3 N–H and O–H groups in total. The fourth-order valence-electron chi connectivity index (χ4n) is 1.55. The van der Waals surface area contributed by atoms with Gasteiger partial charge in [0.2, 0.25) is 5.82 Å². The molecule has 1 aromatic heterocycles. The van der Waals surface area contributed by atoms with Crippen molar-refractivity contribution in [3.8, 4) is 0 Å². The number of nitrogens with zero attached hydrogens (tertiary/aromatic N) is 2. The number of ether oxygens (including phenoxy) is 1. The molecule has 0 bridgehead atoms. The summed E-state index contributed by atoms with van der Waals surface area (Å²) in [7, 11) is 1.47. The van der Waals surface area contributed by atoms with Crippen molar-refractivity contribution in [2.75, 3.05) is 37.4 Å². The Morgan fingerprint density at radius 1 is 1.50 bits per heavy atom. The first-order valence-corrected chi connectivity index (χ1v) is 6.38. The Morgan fingerprint density at radius 2 is 2.25 bits per heavy atom. The Morgan fingerprint density at radius 3 is 2.85 bits per heavy atom. The number of nitrogens with one attached hydrogen (secondary N) is 2. The predicted octanol–water partition coefficient (Wildman–Crippen LogP) is 1.23. The highest BCUT2D eigenvalue weighted by atomic mass is 16.6. The molecule has 0 aliphatic carbocycles. The van der Waals surface area contributed by atoms with E-state index in [1.807, 2.05) is 6.92 Å². The summed E-state index contributed by atoms with van der Waals surface area (Å²) < 4.78 is 4.79. The van der Waals surface area contributed by atoms with Gasteiger partial charge in [-0.2, -0.15) is 0 Å². The first-order chi connectivity index (χ1) is 9.58. The molecule has 0 aliphatic heterocycles. The van der Waals surface area contributed by atoms with E-state index in [1.54, 1.807) is 6.07 Å². The van der Waals surface area contributed by atoms with Crippen LogP contribution < -0.4 is 10.6 Å². The second kappa shape index (κ2) is 8.28. The lowest BCUT2D eigenvalue weighted by molar-refractivity contribution is -0.384. The van der Waals surface area contributed by atoms with Crippen molar-refractivity contribution in [2.45, 2.75) is 19.4 Å². The zero-order valence-corrected chi connectivity index (χ0v) is 11.6. The molecule has 112 valence electrons. The van der Waals surface area contributed by atoms with E-state index >= 15 is 0 Å². The quantitative estimate of drug-likeness (QED) is 0.462. The minimum Gasteiger partial charge on any atom is -0.389 e. The highest BCUT2D eigenvalue weighted by Gasteiger charge is 2.16. The van der Waals surface area contributed by atoms with E-state index < -0.39 is 11.0 Å². The second-order valence-electron chi connectivity index (χ2n) is 4.24. The second-order valence-corrected chi connectivity index (χ2v) is 4.24. The van der Waals surface area contributed by atoms with Crippen LogP contribution in [0.25, 0.3) is 0 Å². The maximum absolute atomic E-state index is 10.9. The summed E-state index contributed by atoms with van der Waals surface area (Å²) in [6.45, 7) is 3.02. The van der Waals surface area contributed by atoms with Crippen LogP contribution in [0.3, 0.4) is 0 Å². The average Bonchev–Trinajstić information content (AvgIpc) is 2.43. The number of hydrogen-bond donors (Lipinski definition) is 3. The van der Waals surface area contributed by atoms with Crippen LogP contribution in [0.2, 0.25) is 0 Å². The van der Waals surface area contributed by atoms with E-state index in [2.05, 4.69) is 15.6 Å². The largest absolute Gasteiger partial charge is 0.389 e. The van der Waals surface area contributed by atoms with Gasteiger partial charge in [-0.25, -0.2) is 4.98 Å². The van der Waals surface area contributed by atoms with Crippen LogP contribution in [0, 0.1) is 10.1 Å². The molecule has 1 aromatic rings. The number of aliphatic hydroxyl groups excluding tert-OH is 1. The van der Waals surface area contributed by atoms with Crippen LogP contribution in [0.1, 0.15) is 13.3 Å². The minimum absolute atomic E-state index is 0.124. The van der Waals surface area contributed by atoms with Gasteiger partial charge < -0.3 is 20.5 Å². The number of rotatable bonds is 9. The van der Waals surface area contributed by atoms with Gasteiger partial charge >= 0.3 is 5.69 Å². The Kier molecular flexibility index (Phi) is 6.68. The third-order valence-electron chi connectivity index (χ3n) is 2.49. The van der Waals surface area contributed by atoms with Crippen molar-refractivity contribution >= 4 is 17.3 Å². The molecule has 20 heavy (non-hydrogen) atoms. The number of hydrogen-bond acceptors (Lipinski definition) is 7. The van der Waals surface area contributed by atoms with E-state index in [9.17, 15) is 15.2 Å². The van der Waals surface area contributed by atoms with Crippen LogP contribution in [0.15, 0.2) is 12.1 Å². The zero-order chi connectivity index (χ0) is 15.0. The highest BCUT2D eigenvalue weighted by Crippen LogP contribution is 2.23. The van der Waals surface area contributed by atoms with Gasteiger partial charge in [-0.3, -0.25) is 10.1 Å². The summed E-state index contributed by atoms with van der Waals surface area (Å²) in [6.07, 6.45) is 0.169. The maximum Gasteiger partial charge on any atom is 0.311 e. The molecule has 8 nitrogen and oxygen atoms in total. The summed E-state index contributed by atoms with van der Waals surface area (Å²) in [5, 5.41) is 26.3. The molecule has 0 aromatic carbocycles. The van der Waals surface area contributed by atoms with Crippen molar-refractivity contribution in [1.29, 1.82) is 0 Å². The number of aliphatic hydroxyl groups is 1. The van der Waals surface area contributed by atoms with Gasteiger partial charge in [0.15, 0.2) is 0 Å². The Balaban J connectivity index is 2.80. The fourth-order valence-corrected chi connectivity index (χ4v) is 1.55. The van der Waals surface area contributed by atoms with Crippen LogP contribution in [0.5, 0.6) is 0 Å². The first kappa shape index (κ1) is 16.1. The van der Waals surface area contributed by atoms with Gasteiger partial charge in [-0.05, 0) is 12.5 Å². The van der Waals surface area contributed by atoms with Gasteiger partial charge in [-0.15, -0.1) is 0 Å². The zero-order valence-electron chi connectivity index (χ0n) is 11.6. The molecule has 0 spiro atoms. The molecule has 0 radical (unpaired) electrons. The average molecular weight is 284 g/mol. The number of nitro groups is 1. The van der Waals surface area contributed by atoms with Crippen molar-refractivity contribution in [3.05, 3.63) is 22.2 Å². The smallest absolute Gasteiger partial charge is 0.311 e. The number of methoxy groups -OCH3 is 1. The lowest BCUT2D eigenvalue weighted by atomic mass is 10.3. The van der Waals surface area contributed by atoms with E-state index in [-0.39, 0.29) is 24.7 Å². The summed E-state index contributed by atoms with van der Waals surface area (Å²) in [5.41, 5.74) is -0.128. The third kappa shape index (κ3) is 4.98. The molecule has 8 heteroatoms. The number of aromatic nitrogens is 1. The standard InChI is InChI=1S/C12H20N4O4/c1-3-6-13-11-5-4-10(16(18)19)12(15-11)14-7-9(17)8-20-2/h4-5,9,17H,3,6-8H2,1-2H3,(H2,13,14,15). The summed E-state index contributed by atoms with van der Waals surface area (Å²) in [4.78, 5) is 14.6. The molecule has 0 fully saturated rings. The highest BCUT2D eigenvalue weighted by molar-refractivity contribution is 5.60. The predicted molar refractivity (Wildman–Crippen MR) is 76.0 cm³/mol. The summed E-state index contributed by atoms with van der Waals surface area (Å²) >= 11 is 0. The molecule has 1 rings (SSSR count). The molecule has 0 saturated carbocycles. The van der Waals surface area contributed by atoms with Crippen molar-refractivity contribution < 1.29 is 14.8 Å². The van der Waals surface area contributed by atoms with Crippen molar-refractivity contribution in [2.24, 2.45) is 0 Å². The molecule has 1 unspecified atom stereocenters. The van der Waals surface area contributed by atoms with Gasteiger partial charge in [0, 0.05) is 26.3 Å². The van der Waals surface area contributed by atoms with Gasteiger partial charge in [0.05, 0.1) is 17.6 Å². The Bertz CT molecular complexity index is 441. The lowest BCUT2D eigenvalue weighted by Gasteiger charge is -2.12. The van der Waals surface area contributed by atoms with Crippen LogP contribution in [0.4, 0.5) is 17.3 Å². The lowest BCUT2D eigenvalue weighted by Crippen LogP contribution is -2.25. The topological polar surface area (TPSA) is 110 Å². The van der Waals surface area contributed by atoms with Gasteiger partial charge in [-0.1, -0.05) is 6.92 Å². The Labute approximate surface area is 117 Å². The van der Waals surface area contributed by atoms with Crippen LogP contribution in [-0.4, -0.2) is 47.9 Å². The fraction of sp³-hybridized carbons (Fsp3) is 0.583. The first-order valence-electron chi connectivity index (χ1n) is 6.38. The van der Waals surface area contributed by atoms with E-state index in [4.69, 9.17) is 4.74 Å². The monoisotopic (exact) mass is 284 g/mol. The van der Waals surface area contributed by atoms with E-state index in [1.165, 1.54) is 13.2 Å². The van der Waals surface area contributed by atoms with E-state index in [0.29, 0.717) is 5.82 Å². The van der Waals surface area contributed by atoms with E-state index in [0.717, 1.165) is 13.0 Å². The maximum atomic E-state index is 10.9. The molecule has 1 atom stereocenters. The van der Waals surface area contributed by atoms with Gasteiger partial charge in [0.25, 0.3) is 0 Å². The van der Waals surface area contributed by atoms with Crippen molar-refractivity contribution in [1.82, 2.24) is 4.98 Å². The van der Waals surface area contributed by atoms with Crippen LogP contribution in [-0.2, 0) is 4.74 Å². The molecular weight excluding hydrogens is 264 g/mol. The molecular formula is C12H20N4O4. The number of anilines is 2.